The third kappa shape index (κ3) is 3.30. The lowest BCUT2D eigenvalue weighted by Gasteiger charge is -2.15. The first kappa shape index (κ1) is 14.8. The monoisotopic (exact) mass is 312 g/mol. The molecule has 1 atom stereocenters. The van der Waals surface area contributed by atoms with Crippen LogP contribution in [0.2, 0.25) is 5.02 Å². The molecule has 1 aromatic heterocycles. The van der Waals surface area contributed by atoms with Gasteiger partial charge in [0.05, 0.1) is 0 Å². The van der Waals surface area contributed by atoms with Crippen LogP contribution in [0.3, 0.4) is 0 Å². The average molecular weight is 313 g/mol. The zero-order valence-electron chi connectivity index (χ0n) is 10.7. The minimum Gasteiger partial charge on any atom is -0.329 e. The molecule has 6 nitrogen and oxygen atoms in total. The molecule has 3 N–H and O–H groups in total. The van der Waals surface area contributed by atoms with E-state index in [1.54, 1.807) is 19.2 Å². The Bertz CT molecular complexity index is 711. The van der Waals surface area contributed by atoms with Crippen LogP contribution >= 0.6 is 23.4 Å². The molecule has 0 saturated heterocycles. The molecule has 1 heterocycles. The van der Waals surface area contributed by atoms with Crippen molar-refractivity contribution in [2.75, 3.05) is 6.54 Å². The highest BCUT2D eigenvalue weighted by atomic mass is 35.5. The Hall–Kier alpha value is -1.57. The highest BCUT2D eigenvalue weighted by Gasteiger charge is 2.15. The predicted octanol–water partition coefficient (Wildman–Crippen LogP) is 0.914. The fourth-order valence-corrected chi connectivity index (χ4v) is 2.73. The van der Waals surface area contributed by atoms with Crippen molar-refractivity contribution in [3.8, 4) is 0 Å². The number of benzene rings is 1. The van der Waals surface area contributed by atoms with Gasteiger partial charge in [0.15, 0.2) is 5.16 Å². The second kappa shape index (κ2) is 6.25. The number of hydrogen-bond donors (Lipinski definition) is 2. The van der Waals surface area contributed by atoms with Gasteiger partial charge in [0.2, 0.25) is 0 Å². The number of aryl methyl sites for hydroxylation is 1. The van der Waals surface area contributed by atoms with E-state index in [0.717, 1.165) is 5.56 Å². The largest absolute Gasteiger partial charge is 0.339 e. The highest BCUT2D eigenvalue weighted by molar-refractivity contribution is 7.99. The van der Waals surface area contributed by atoms with Crippen LogP contribution < -0.4 is 16.9 Å². The van der Waals surface area contributed by atoms with Crippen molar-refractivity contribution >= 4 is 23.4 Å². The molecule has 0 amide bonds. The van der Waals surface area contributed by atoms with Gasteiger partial charge in [0.25, 0.3) is 0 Å². The number of thioether (sulfide) groups is 1. The van der Waals surface area contributed by atoms with Crippen molar-refractivity contribution in [2.24, 2.45) is 12.8 Å². The Balaban J connectivity index is 2.31. The van der Waals surface area contributed by atoms with E-state index in [1.165, 1.54) is 16.4 Å². The maximum absolute atomic E-state index is 11.3. The summed E-state index contributed by atoms with van der Waals surface area (Å²) in [5, 5.41) is 3.36. The Labute approximate surface area is 124 Å². The molecule has 106 valence electrons. The normalized spacial score (nSPS) is 12.3. The van der Waals surface area contributed by atoms with Gasteiger partial charge in [-0.05, 0) is 17.7 Å². The van der Waals surface area contributed by atoms with Crippen LogP contribution in [-0.4, -0.2) is 21.3 Å². The van der Waals surface area contributed by atoms with Gasteiger partial charge >= 0.3 is 11.1 Å². The predicted molar refractivity (Wildman–Crippen MR) is 79.2 cm³/mol. The molecule has 0 fully saturated rings. The number of aromatic nitrogens is 3. The van der Waals surface area contributed by atoms with Crippen LogP contribution in [0.15, 0.2) is 39.0 Å². The number of nitrogens with two attached hydrogens (primary N) is 1. The first-order valence-corrected chi connectivity index (χ1v) is 7.06. The topological polar surface area (TPSA) is 93.8 Å². The van der Waals surface area contributed by atoms with Gasteiger partial charge in [-0.2, -0.15) is 4.98 Å². The molecule has 0 bridgehead atoms. The zero-order valence-corrected chi connectivity index (χ0v) is 12.2. The van der Waals surface area contributed by atoms with Gasteiger partial charge in [-0.1, -0.05) is 35.5 Å². The van der Waals surface area contributed by atoms with E-state index in [4.69, 9.17) is 17.3 Å². The van der Waals surface area contributed by atoms with Crippen LogP contribution in [0, 0.1) is 0 Å². The zero-order chi connectivity index (χ0) is 14.7. The Morgan fingerprint density at radius 2 is 2.05 bits per heavy atom. The third-order valence-corrected chi connectivity index (χ3v) is 4.23. The van der Waals surface area contributed by atoms with E-state index in [2.05, 4.69) is 10.1 Å². The molecule has 8 heteroatoms. The summed E-state index contributed by atoms with van der Waals surface area (Å²) in [6.07, 6.45) is 0. The van der Waals surface area contributed by atoms with E-state index in [-0.39, 0.29) is 5.25 Å². The maximum atomic E-state index is 11.3. The first-order valence-electron chi connectivity index (χ1n) is 5.81. The van der Waals surface area contributed by atoms with Crippen LogP contribution in [0.4, 0.5) is 0 Å². The fourth-order valence-electron chi connectivity index (χ4n) is 1.62. The third-order valence-electron chi connectivity index (χ3n) is 2.65. The first-order chi connectivity index (χ1) is 9.51. The number of halogens is 1. The van der Waals surface area contributed by atoms with Crippen LogP contribution in [0.25, 0.3) is 0 Å². The molecule has 0 aliphatic rings. The number of rotatable bonds is 4. The quantitative estimate of drug-likeness (QED) is 0.646. The Kier molecular flexibility index (Phi) is 4.64. The molecule has 0 radical (unpaired) electrons. The molecular formula is C12H13ClN4O2S. The summed E-state index contributed by atoms with van der Waals surface area (Å²) in [4.78, 5) is 26.2. The molecule has 2 rings (SSSR count). The number of H-pyrrole nitrogens is 1. The average Bonchev–Trinajstić information content (AvgIpc) is 2.42. The van der Waals surface area contributed by atoms with Crippen molar-refractivity contribution in [1.29, 1.82) is 0 Å². The van der Waals surface area contributed by atoms with Gasteiger partial charge < -0.3 is 5.73 Å². The Morgan fingerprint density at radius 3 is 2.65 bits per heavy atom. The summed E-state index contributed by atoms with van der Waals surface area (Å²) in [7, 11) is 1.62. The van der Waals surface area contributed by atoms with Crippen LogP contribution in [-0.2, 0) is 7.05 Å². The number of aromatic amines is 1. The lowest BCUT2D eigenvalue weighted by Crippen LogP contribution is -2.34. The van der Waals surface area contributed by atoms with Gasteiger partial charge in [-0.15, -0.1) is 0 Å². The minimum atomic E-state index is -0.808. The number of hydrogen-bond acceptors (Lipinski definition) is 5. The Morgan fingerprint density at radius 1 is 1.40 bits per heavy atom. The molecule has 1 aromatic carbocycles. The van der Waals surface area contributed by atoms with Gasteiger partial charge in [-0.25, -0.2) is 0 Å². The van der Waals surface area contributed by atoms with Crippen LogP contribution in [0.1, 0.15) is 10.8 Å². The molecular weight excluding hydrogens is 300 g/mol. The maximum Gasteiger partial charge on any atom is 0.339 e. The number of nitrogens with zero attached hydrogens (tertiary/aromatic N) is 2. The van der Waals surface area contributed by atoms with E-state index in [9.17, 15) is 9.59 Å². The SMILES string of the molecule is Cn1[nH]c(=O)c(=O)nc1SC(CN)c1ccc(Cl)cc1. The van der Waals surface area contributed by atoms with Gasteiger partial charge in [-0.3, -0.25) is 19.4 Å². The highest BCUT2D eigenvalue weighted by Crippen LogP contribution is 2.32. The van der Waals surface area contributed by atoms with E-state index in [0.29, 0.717) is 16.7 Å². The molecule has 2 aromatic rings. The number of nitrogens with one attached hydrogen (secondary N) is 1. The molecule has 0 spiro atoms. The van der Waals surface area contributed by atoms with Crippen molar-refractivity contribution in [1.82, 2.24) is 14.8 Å². The van der Waals surface area contributed by atoms with E-state index in [1.807, 2.05) is 12.1 Å². The van der Waals surface area contributed by atoms with Crippen molar-refractivity contribution in [3.05, 3.63) is 55.6 Å². The van der Waals surface area contributed by atoms with Crippen molar-refractivity contribution < 1.29 is 0 Å². The summed E-state index contributed by atoms with van der Waals surface area (Å²) in [6, 6.07) is 7.30. The van der Waals surface area contributed by atoms with Gasteiger partial charge in [0.1, 0.15) is 0 Å². The van der Waals surface area contributed by atoms with Crippen molar-refractivity contribution in [2.45, 2.75) is 10.4 Å². The molecule has 20 heavy (non-hydrogen) atoms. The standard InChI is InChI=1S/C12H13ClN4O2S/c1-17-12(15-10(18)11(19)16-17)20-9(6-14)7-2-4-8(13)5-3-7/h2-5,9H,6,14H2,1H3,(H,16,19). The second-order valence-electron chi connectivity index (χ2n) is 4.09. The molecule has 1 unspecified atom stereocenters. The van der Waals surface area contributed by atoms with Gasteiger partial charge in [0, 0.05) is 23.9 Å². The smallest absolute Gasteiger partial charge is 0.329 e. The fraction of sp³-hybridized carbons (Fsp3) is 0.250. The molecule has 0 aliphatic carbocycles. The summed E-state index contributed by atoms with van der Waals surface area (Å²) >= 11 is 7.16. The summed E-state index contributed by atoms with van der Waals surface area (Å²) in [5.74, 6) is 0. The lowest BCUT2D eigenvalue weighted by molar-refractivity contribution is 0.595. The van der Waals surface area contributed by atoms with Crippen molar-refractivity contribution in [3.63, 3.8) is 0 Å². The summed E-state index contributed by atoms with van der Waals surface area (Å²) in [5.41, 5.74) is 5.19. The van der Waals surface area contributed by atoms with E-state index < -0.39 is 11.1 Å². The minimum absolute atomic E-state index is 0.0868. The molecule has 0 aliphatic heterocycles. The lowest BCUT2D eigenvalue weighted by atomic mass is 10.1. The summed E-state index contributed by atoms with van der Waals surface area (Å²) in [6.45, 7) is 0.362. The molecule has 0 saturated carbocycles. The second-order valence-corrected chi connectivity index (χ2v) is 5.70. The summed E-state index contributed by atoms with van der Waals surface area (Å²) < 4.78 is 1.41. The van der Waals surface area contributed by atoms with Crippen LogP contribution in [0.5, 0.6) is 0 Å². The van der Waals surface area contributed by atoms with E-state index >= 15 is 0 Å².